The van der Waals surface area contributed by atoms with Crippen LogP contribution in [-0.4, -0.2) is 25.7 Å². The van der Waals surface area contributed by atoms with Crippen LogP contribution in [0.5, 0.6) is 11.5 Å². The summed E-state index contributed by atoms with van der Waals surface area (Å²) in [5, 5.41) is 3.37. The Hall–Kier alpha value is -1.66. The first-order valence-corrected chi connectivity index (χ1v) is 9.67. The van der Waals surface area contributed by atoms with E-state index in [0.29, 0.717) is 23.6 Å². The van der Waals surface area contributed by atoms with Gasteiger partial charge in [0.1, 0.15) is 16.8 Å². The molecule has 0 saturated carbocycles. The Morgan fingerprint density at radius 2 is 1.82 bits per heavy atom. The fourth-order valence-corrected chi connectivity index (χ4v) is 2.61. The first kappa shape index (κ1) is 22.6. The number of carbonyl (C=O) groups is 1. The van der Waals surface area contributed by atoms with Gasteiger partial charge < -0.3 is 14.8 Å². The number of nitrogens with one attached hydrogen (secondary N) is 1. The van der Waals surface area contributed by atoms with Crippen LogP contribution in [0.3, 0.4) is 0 Å². The van der Waals surface area contributed by atoms with E-state index in [-0.39, 0.29) is 40.1 Å². The molecular weight excluding hydrogens is 451 g/mol. The lowest BCUT2D eigenvalue weighted by atomic mass is 10.2. The number of ether oxygens (including phenoxy) is 2. The van der Waals surface area contributed by atoms with Crippen LogP contribution >= 0.6 is 46.4 Å². The van der Waals surface area contributed by atoms with E-state index in [1.165, 1.54) is 12.1 Å². The summed E-state index contributed by atoms with van der Waals surface area (Å²) in [5.74, 6) is -0.748. The Balaban J connectivity index is 1.78. The summed E-state index contributed by atoms with van der Waals surface area (Å²) >= 11 is 22.8. The maximum atomic E-state index is 14.2. The second-order valence-electron chi connectivity index (χ2n) is 5.49. The van der Waals surface area contributed by atoms with E-state index in [2.05, 4.69) is 5.32 Å². The van der Waals surface area contributed by atoms with E-state index < -0.39 is 5.82 Å². The van der Waals surface area contributed by atoms with Gasteiger partial charge in [-0.05, 0) is 36.8 Å². The SMILES string of the molecule is O=C(NCCCOc1c(F)cc(OCC=C(Cl)Cl)cc1Cl)c1ccc(Cl)cc1. The number of amides is 1. The van der Waals surface area contributed by atoms with Crippen molar-refractivity contribution >= 4 is 52.3 Å². The third-order valence-corrected chi connectivity index (χ3v) is 4.26. The zero-order valence-corrected chi connectivity index (χ0v) is 17.5. The monoisotopic (exact) mass is 465 g/mol. The van der Waals surface area contributed by atoms with Gasteiger partial charge in [0.15, 0.2) is 11.6 Å². The smallest absolute Gasteiger partial charge is 0.251 e. The van der Waals surface area contributed by atoms with Crippen molar-refractivity contribution < 1.29 is 18.7 Å². The van der Waals surface area contributed by atoms with Gasteiger partial charge in [-0.15, -0.1) is 0 Å². The average molecular weight is 467 g/mol. The number of hydrogen-bond acceptors (Lipinski definition) is 3. The van der Waals surface area contributed by atoms with Gasteiger partial charge in [0.2, 0.25) is 0 Å². The topological polar surface area (TPSA) is 47.6 Å². The Bertz CT molecular complexity index is 817. The third-order valence-electron chi connectivity index (χ3n) is 3.42. The molecule has 28 heavy (non-hydrogen) atoms. The van der Waals surface area contributed by atoms with Gasteiger partial charge in [0.25, 0.3) is 5.91 Å². The predicted octanol–water partition coefficient (Wildman–Crippen LogP) is 6.03. The van der Waals surface area contributed by atoms with Crippen LogP contribution in [0, 0.1) is 5.82 Å². The Morgan fingerprint density at radius 1 is 1.11 bits per heavy atom. The van der Waals surface area contributed by atoms with Crippen LogP contribution < -0.4 is 14.8 Å². The molecule has 1 amide bonds. The van der Waals surface area contributed by atoms with E-state index in [0.717, 1.165) is 6.07 Å². The van der Waals surface area contributed by atoms with Crippen molar-refractivity contribution in [1.29, 1.82) is 0 Å². The van der Waals surface area contributed by atoms with Crippen molar-refractivity contribution in [3.63, 3.8) is 0 Å². The quantitative estimate of drug-likeness (QED) is 0.459. The van der Waals surface area contributed by atoms with E-state index in [1.807, 2.05) is 0 Å². The second kappa shape index (κ2) is 11.4. The molecule has 4 nitrogen and oxygen atoms in total. The number of rotatable bonds is 9. The van der Waals surface area contributed by atoms with Gasteiger partial charge in [0.05, 0.1) is 11.6 Å². The summed E-state index contributed by atoms with van der Waals surface area (Å²) < 4.78 is 24.9. The van der Waals surface area contributed by atoms with Crippen molar-refractivity contribution in [3.8, 4) is 11.5 Å². The molecule has 0 aliphatic carbocycles. The lowest BCUT2D eigenvalue weighted by molar-refractivity contribution is 0.0951. The normalized spacial score (nSPS) is 10.3. The van der Waals surface area contributed by atoms with E-state index in [9.17, 15) is 9.18 Å². The van der Waals surface area contributed by atoms with E-state index in [4.69, 9.17) is 55.9 Å². The number of carbonyl (C=O) groups excluding carboxylic acids is 1. The highest BCUT2D eigenvalue weighted by Gasteiger charge is 2.12. The highest BCUT2D eigenvalue weighted by atomic mass is 35.5. The van der Waals surface area contributed by atoms with Crippen molar-refractivity contribution in [1.82, 2.24) is 5.32 Å². The molecule has 0 aliphatic rings. The first-order valence-electron chi connectivity index (χ1n) is 8.16. The molecule has 2 aromatic carbocycles. The highest BCUT2D eigenvalue weighted by molar-refractivity contribution is 6.55. The minimum absolute atomic E-state index is 0.0506. The molecule has 0 bridgehead atoms. The average Bonchev–Trinajstić information content (AvgIpc) is 2.63. The van der Waals surface area contributed by atoms with Gasteiger partial charge >= 0.3 is 0 Å². The summed E-state index contributed by atoms with van der Waals surface area (Å²) in [6, 6.07) is 9.11. The van der Waals surface area contributed by atoms with Crippen LogP contribution in [0.1, 0.15) is 16.8 Å². The molecule has 0 fully saturated rings. The van der Waals surface area contributed by atoms with Gasteiger partial charge in [-0.3, -0.25) is 4.79 Å². The fraction of sp³-hybridized carbons (Fsp3) is 0.211. The van der Waals surface area contributed by atoms with Gasteiger partial charge in [0, 0.05) is 29.3 Å². The summed E-state index contributed by atoms with van der Waals surface area (Å²) in [6.45, 7) is 0.599. The molecule has 2 rings (SSSR count). The molecule has 0 aliphatic heterocycles. The van der Waals surface area contributed by atoms with Crippen LogP contribution in [0.25, 0.3) is 0 Å². The largest absolute Gasteiger partial charge is 0.489 e. The molecular formula is C19H16Cl4FNO3. The molecule has 1 N–H and O–H groups in total. The minimum Gasteiger partial charge on any atom is -0.489 e. The number of hydrogen-bond donors (Lipinski definition) is 1. The minimum atomic E-state index is -0.659. The Morgan fingerprint density at radius 3 is 2.46 bits per heavy atom. The number of benzene rings is 2. The maximum Gasteiger partial charge on any atom is 0.251 e. The van der Waals surface area contributed by atoms with Crippen molar-refractivity contribution in [2.45, 2.75) is 6.42 Å². The van der Waals surface area contributed by atoms with Crippen molar-refractivity contribution in [2.75, 3.05) is 19.8 Å². The maximum absolute atomic E-state index is 14.2. The van der Waals surface area contributed by atoms with Crippen LogP contribution in [-0.2, 0) is 0 Å². The predicted molar refractivity (Wildman–Crippen MR) is 111 cm³/mol. The van der Waals surface area contributed by atoms with Crippen molar-refractivity contribution in [3.05, 3.63) is 68.4 Å². The molecule has 0 atom stereocenters. The molecule has 0 saturated heterocycles. The summed E-state index contributed by atoms with van der Waals surface area (Å²) in [6.07, 6.45) is 1.88. The lowest BCUT2D eigenvalue weighted by Gasteiger charge is -2.12. The van der Waals surface area contributed by atoms with E-state index in [1.54, 1.807) is 24.3 Å². The van der Waals surface area contributed by atoms with Crippen LogP contribution in [0.15, 0.2) is 47.0 Å². The zero-order chi connectivity index (χ0) is 20.5. The third kappa shape index (κ3) is 7.40. The molecule has 0 unspecified atom stereocenters. The number of halogens is 5. The fourth-order valence-electron chi connectivity index (χ4n) is 2.11. The Labute approximate surface area is 182 Å². The second-order valence-corrected chi connectivity index (χ2v) is 7.34. The van der Waals surface area contributed by atoms with Crippen LogP contribution in [0.2, 0.25) is 10.0 Å². The van der Waals surface area contributed by atoms with Crippen LogP contribution in [0.4, 0.5) is 4.39 Å². The van der Waals surface area contributed by atoms with Gasteiger partial charge in [-0.2, -0.15) is 0 Å². The first-order chi connectivity index (χ1) is 13.4. The van der Waals surface area contributed by atoms with E-state index >= 15 is 0 Å². The molecule has 9 heteroatoms. The molecule has 0 heterocycles. The molecule has 150 valence electrons. The molecule has 0 spiro atoms. The summed E-state index contributed by atoms with van der Waals surface area (Å²) in [7, 11) is 0. The van der Waals surface area contributed by atoms with Crippen molar-refractivity contribution in [2.24, 2.45) is 0 Å². The highest BCUT2D eigenvalue weighted by Crippen LogP contribution is 2.32. The lowest BCUT2D eigenvalue weighted by Crippen LogP contribution is -2.25. The molecule has 2 aromatic rings. The van der Waals surface area contributed by atoms with Gasteiger partial charge in [-0.25, -0.2) is 4.39 Å². The molecule has 0 radical (unpaired) electrons. The standard InChI is InChI=1S/C19H16Cl4FNO3/c20-13-4-2-12(3-5-13)19(26)25-7-1-8-28-18-15(21)10-14(11-16(18)24)27-9-6-17(22)23/h2-6,10-11H,1,7-9H2,(H,25,26). The summed E-state index contributed by atoms with van der Waals surface area (Å²) in [4.78, 5) is 12.0. The van der Waals surface area contributed by atoms with Gasteiger partial charge in [-0.1, -0.05) is 46.4 Å². The zero-order valence-electron chi connectivity index (χ0n) is 14.5. The Kier molecular flexibility index (Phi) is 9.19. The summed E-state index contributed by atoms with van der Waals surface area (Å²) in [5.41, 5.74) is 0.500. The molecule has 0 aromatic heterocycles.